The first-order valence-corrected chi connectivity index (χ1v) is 10.2. The molecule has 1 aromatic carbocycles. The van der Waals surface area contributed by atoms with Crippen LogP contribution in [0.1, 0.15) is 31.8 Å². The van der Waals surface area contributed by atoms with Gasteiger partial charge in [-0.3, -0.25) is 9.80 Å². The average molecular weight is 445 g/mol. The molecule has 1 saturated heterocycles. The largest absolute Gasteiger partial charge is 0.470 e. The molecule has 1 saturated carbocycles. The summed E-state index contributed by atoms with van der Waals surface area (Å²) in [5.41, 5.74) is 7.08. The molecular weight excluding hydrogens is 420 g/mol. The van der Waals surface area contributed by atoms with Crippen molar-refractivity contribution >= 4 is 17.4 Å². The topological polar surface area (TPSA) is 123 Å². The van der Waals surface area contributed by atoms with Crippen LogP contribution in [0.2, 0.25) is 0 Å². The molecule has 0 bridgehead atoms. The van der Waals surface area contributed by atoms with Crippen molar-refractivity contribution < 1.29 is 18.3 Å². The number of nitrogens with one attached hydrogen (secondary N) is 1. The van der Waals surface area contributed by atoms with Crippen molar-refractivity contribution in [2.24, 2.45) is 11.6 Å². The molecule has 1 aliphatic carbocycles. The number of aromatic nitrogens is 2. The monoisotopic (exact) mass is 445 g/mol. The molecular formula is C21H25F2N7O2. The minimum absolute atomic E-state index is 0.00130. The second kappa shape index (κ2) is 8.58. The van der Waals surface area contributed by atoms with Crippen molar-refractivity contribution in [2.45, 2.75) is 31.7 Å². The van der Waals surface area contributed by atoms with Gasteiger partial charge in [0, 0.05) is 23.9 Å². The number of benzene rings is 1. The van der Waals surface area contributed by atoms with Gasteiger partial charge in [-0.2, -0.15) is 0 Å². The van der Waals surface area contributed by atoms with E-state index in [-0.39, 0.29) is 36.0 Å². The Kier molecular flexibility index (Phi) is 5.83. The number of ether oxygens (including phenoxy) is 1. The zero-order valence-electron chi connectivity index (χ0n) is 17.6. The van der Waals surface area contributed by atoms with Crippen LogP contribution in [0.5, 0.6) is 5.88 Å². The summed E-state index contributed by atoms with van der Waals surface area (Å²) in [6.07, 6.45) is -0.615. The molecule has 32 heavy (non-hydrogen) atoms. The molecule has 4 rings (SSSR count). The van der Waals surface area contributed by atoms with Crippen LogP contribution in [0.25, 0.3) is 0 Å². The van der Waals surface area contributed by atoms with E-state index in [0.29, 0.717) is 29.4 Å². The first-order chi connectivity index (χ1) is 15.3. The predicted octanol–water partition coefficient (Wildman–Crippen LogP) is 1.83. The molecule has 0 unspecified atom stereocenters. The number of hydrogen-bond donors (Lipinski definition) is 3. The van der Waals surface area contributed by atoms with Gasteiger partial charge in [0.1, 0.15) is 6.61 Å². The van der Waals surface area contributed by atoms with Gasteiger partial charge in [-0.25, -0.2) is 14.6 Å². The van der Waals surface area contributed by atoms with Crippen molar-refractivity contribution in [3.8, 4) is 5.88 Å². The first-order valence-electron chi connectivity index (χ1n) is 10.2. The molecule has 170 valence electrons. The van der Waals surface area contributed by atoms with E-state index in [1.807, 2.05) is 4.90 Å². The van der Waals surface area contributed by atoms with Crippen LogP contribution in [0, 0.1) is 0 Å². The fourth-order valence-electron chi connectivity index (χ4n) is 3.58. The number of carbonyl (C=O) groups is 1. The zero-order valence-corrected chi connectivity index (χ0v) is 17.6. The number of nitrogens with zero attached hydrogens (tertiary/aromatic N) is 4. The van der Waals surface area contributed by atoms with Gasteiger partial charge in [-0.05, 0) is 38.0 Å². The molecule has 2 fully saturated rings. The predicted molar refractivity (Wildman–Crippen MR) is 115 cm³/mol. The molecule has 2 aromatic rings. The molecule has 11 heteroatoms. The standard InChI is InChI=1S/C21H25F2N7O2/c1-13(24)16(30(25)15-4-2-14(3-5-15)20(22)23)11-32-19-7-6-17(27-28-19)29-10-18(31)26-21(12-29)8-9-21/h2-7,20H,8-12,24-25H2,1H3,(H,26,31)/b16-13-. The quantitative estimate of drug-likeness (QED) is 0.436. The number of rotatable bonds is 7. The summed E-state index contributed by atoms with van der Waals surface area (Å²) in [7, 11) is 0. The lowest BCUT2D eigenvalue weighted by Gasteiger charge is -2.33. The number of alkyl halides is 2. The SMILES string of the molecule is C/C(N)=C(\COc1ccc(N2CC(=O)NC3(CC3)C2)nn1)N(N)c1ccc(C(F)F)cc1. The van der Waals surface area contributed by atoms with E-state index in [1.54, 1.807) is 19.1 Å². The van der Waals surface area contributed by atoms with Gasteiger partial charge in [0.2, 0.25) is 11.8 Å². The van der Waals surface area contributed by atoms with Crippen molar-refractivity contribution in [1.29, 1.82) is 0 Å². The maximum Gasteiger partial charge on any atom is 0.263 e. The van der Waals surface area contributed by atoms with E-state index >= 15 is 0 Å². The number of hydrogen-bond acceptors (Lipinski definition) is 8. The van der Waals surface area contributed by atoms with Crippen LogP contribution >= 0.6 is 0 Å². The highest BCUT2D eigenvalue weighted by molar-refractivity contribution is 5.84. The van der Waals surface area contributed by atoms with E-state index in [1.165, 1.54) is 29.3 Å². The first kappa shape index (κ1) is 21.8. The van der Waals surface area contributed by atoms with Gasteiger partial charge in [-0.1, -0.05) is 12.1 Å². The maximum atomic E-state index is 12.8. The van der Waals surface area contributed by atoms with Crippen molar-refractivity contribution in [1.82, 2.24) is 15.5 Å². The second-order valence-corrected chi connectivity index (χ2v) is 8.09. The van der Waals surface area contributed by atoms with E-state index < -0.39 is 6.43 Å². The molecule has 1 spiro atoms. The number of piperazine rings is 1. The van der Waals surface area contributed by atoms with E-state index in [4.69, 9.17) is 16.3 Å². The summed E-state index contributed by atoms with van der Waals surface area (Å²) in [5.74, 6) is 6.99. The lowest BCUT2D eigenvalue weighted by Crippen LogP contribution is -2.56. The van der Waals surface area contributed by atoms with Crippen LogP contribution < -0.4 is 31.5 Å². The average Bonchev–Trinajstić information content (AvgIpc) is 3.51. The van der Waals surface area contributed by atoms with Gasteiger partial charge >= 0.3 is 0 Å². The minimum atomic E-state index is -2.56. The molecule has 2 heterocycles. The Balaban J connectivity index is 1.40. The third-order valence-corrected chi connectivity index (χ3v) is 5.56. The summed E-state index contributed by atoms with van der Waals surface area (Å²) in [4.78, 5) is 13.9. The molecule has 1 aromatic heterocycles. The Bertz CT molecular complexity index is 1000. The van der Waals surface area contributed by atoms with Gasteiger partial charge in [0.25, 0.3) is 6.43 Å². The Morgan fingerprint density at radius 2 is 1.97 bits per heavy atom. The number of hydrazine groups is 1. The third kappa shape index (κ3) is 4.72. The highest BCUT2D eigenvalue weighted by Gasteiger charge is 2.48. The van der Waals surface area contributed by atoms with Crippen molar-refractivity contribution in [3.63, 3.8) is 0 Å². The van der Waals surface area contributed by atoms with Gasteiger partial charge in [0.05, 0.1) is 23.5 Å². The number of nitrogens with two attached hydrogens (primary N) is 2. The highest BCUT2D eigenvalue weighted by atomic mass is 19.3. The van der Waals surface area contributed by atoms with E-state index in [0.717, 1.165) is 12.8 Å². The van der Waals surface area contributed by atoms with Gasteiger partial charge in [-0.15, -0.1) is 10.2 Å². The molecule has 0 radical (unpaired) electrons. The van der Waals surface area contributed by atoms with Crippen LogP contribution in [0.4, 0.5) is 20.3 Å². The summed E-state index contributed by atoms with van der Waals surface area (Å²) in [6.45, 7) is 2.61. The molecule has 1 aliphatic heterocycles. The van der Waals surface area contributed by atoms with Crippen molar-refractivity contribution in [2.75, 3.05) is 29.6 Å². The van der Waals surface area contributed by atoms with E-state index in [2.05, 4.69) is 15.5 Å². The van der Waals surface area contributed by atoms with Gasteiger partial charge < -0.3 is 20.7 Å². The zero-order chi connectivity index (χ0) is 22.9. The third-order valence-electron chi connectivity index (χ3n) is 5.56. The summed E-state index contributed by atoms with van der Waals surface area (Å²) >= 11 is 0. The fourth-order valence-corrected chi connectivity index (χ4v) is 3.58. The molecule has 1 amide bonds. The molecule has 2 aliphatic rings. The van der Waals surface area contributed by atoms with Crippen LogP contribution in [-0.4, -0.2) is 41.3 Å². The Morgan fingerprint density at radius 3 is 2.53 bits per heavy atom. The normalized spacial score (nSPS) is 17.8. The van der Waals surface area contributed by atoms with Crippen molar-refractivity contribution in [3.05, 3.63) is 53.4 Å². The molecule has 5 N–H and O–H groups in total. The Hall–Kier alpha value is -3.47. The minimum Gasteiger partial charge on any atom is -0.470 e. The van der Waals surface area contributed by atoms with Crippen LogP contribution in [-0.2, 0) is 4.79 Å². The maximum absolute atomic E-state index is 12.8. The summed E-state index contributed by atoms with van der Waals surface area (Å²) in [5, 5.41) is 12.6. The number of carbonyl (C=O) groups excluding carboxylic acids is 1. The molecule has 9 nitrogen and oxygen atoms in total. The number of halogens is 2. The number of allylic oxidation sites excluding steroid dienone is 1. The lowest BCUT2D eigenvalue weighted by molar-refractivity contribution is -0.121. The lowest BCUT2D eigenvalue weighted by atomic mass is 10.2. The smallest absolute Gasteiger partial charge is 0.263 e. The second-order valence-electron chi connectivity index (χ2n) is 8.09. The number of anilines is 2. The highest BCUT2D eigenvalue weighted by Crippen LogP contribution is 2.38. The number of amides is 1. The summed E-state index contributed by atoms with van der Waals surface area (Å²) in [6, 6.07) is 9.00. The molecule has 0 atom stereocenters. The fraction of sp³-hybridized carbons (Fsp3) is 0.381. The Labute approximate surface area is 184 Å². The van der Waals surface area contributed by atoms with E-state index in [9.17, 15) is 13.6 Å². The van der Waals surface area contributed by atoms with Crippen LogP contribution in [0.3, 0.4) is 0 Å². The van der Waals surface area contributed by atoms with Crippen LogP contribution in [0.15, 0.2) is 47.8 Å². The Morgan fingerprint density at radius 1 is 1.25 bits per heavy atom. The summed E-state index contributed by atoms with van der Waals surface area (Å²) < 4.78 is 31.2. The van der Waals surface area contributed by atoms with Gasteiger partial charge in [0.15, 0.2) is 5.82 Å².